The number of nitrogens with zero attached hydrogens (tertiary/aromatic N) is 2. The lowest BCUT2D eigenvalue weighted by atomic mass is 9.50. The number of nitrogens with one attached hydrogen (secondary N) is 2. The van der Waals surface area contributed by atoms with E-state index in [2.05, 4.69) is 133 Å². The fourth-order valence-electron chi connectivity index (χ4n) is 8.21. The van der Waals surface area contributed by atoms with E-state index in [1.54, 1.807) is 0 Å². The van der Waals surface area contributed by atoms with E-state index in [1.165, 1.54) is 44.5 Å². The third-order valence-corrected chi connectivity index (χ3v) is 11.0. The Morgan fingerprint density at radius 1 is 0.455 bits per heavy atom. The first kappa shape index (κ1) is 39.1. The predicted molar refractivity (Wildman–Crippen MR) is 236 cm³/mol. The Morgan fingerprint density at radius 3 is 0.982 bits per heavy atom. The van der Waals surface area contributed by atoms with Gasteiger partial charge < -0.3 is 9.97 Å². The van der Waals surface area contributed by atoms with Crippen molar-refractivity contribution in [3.05, 3.63) is 229 Å². The van der Waals surface area contributed by atoms with Crippen LogP contribution in [0, 0.1) is 0 Å². The molecule has 2 N–H and O–H groups in total. The zero-order valence-corrected chi connectivity index (χ0v) is 32.3. The summed E-state index contributed by atoms with van der Waals surface area (Å²) in [5, 5.41) is 0. The highest BCUT2D eigenvalue weighted by Gasteiger charge is 2.31. The van der Waals surface area contributed by atoms with Gasteiger partial charge in [0.1, 0.15) is 26.2 Å². The number of aromatic amines is 2. The van der Waals surface area contributed by atoms with E-state index in [9.17, 15) is 0 Å². The second-order valence-corrected chi connectivity index (χ2v) is 14.7. The molecule has 0 fully saturated rings. The zero-order chi connectivity index (χ0) is 38.2. The van der Waals surface area contributed by atoms with Gasteiger partial charge >= 0.3 is 0 Å². The highest BCUT2D eigenvalue weighted by Crippen LogP contribution is 2.40. The Labute approximate surface area is 330 Å². The number of H-pyrrole nitrogens is 2. The molecule has 4 aromatic carbocycles. The molecule has 2 aromatic heterocycles. The number of rotatable bonds is 22. The Kier molecular flexibility index (Phi) is 14.3. The molecule has 2 atom stereocenters. The van der Waals surface area contributed by atoms with Crippen molar-refractivity contribution in [1.82, 2.24) is 19.9 Å². The molecule has 0 amide bonds. The number of hydrogen-bond donors (Lipinski definition) is 2. The lowest BCUT2D eigenvalue weighted by Gasteiger charge is -2.28. The predicted octanol–water partition coefficient (Wildman–Crippen LogP) is 10.6. The number of imidazole rings is 2. The Hall–Kier alpha value is -5.61. The SMILES string of the molecule is C=CCc1ccc(C(c2ccc(CC=C)cc2)C(BCCCBC(c2ncc[nH]2)C(c2ccc(CC=C)cc2)c2ccc(CC=C)cc2)c2ncc[nH]2)cc1. The number of allylic oxidation sites excluding steroid dienone is 4. The van der Waals surface area contributed by atoms with Gasteiger partial charge in [0.25, 0.3) is 0 Å². The number of hydrogen-bond acceptors (Lipinski definition) is 2. The van der Waals surface area contributed by atoms with E-state index in [1.807, 2.05) is 49.1 Å². The van der Waals surface area contributed by atoms with Crippen molar-refractivity contribution in [1.29, 1.82) is 0 Å². The molecule has 6 heteroatoms. The van der Waals surface area contributed by atoms with Gasteiger partial charge in [-0.05, 0) is 70.2 Å². The quantitative estimate of drug-likeness (QED) is 0.0417. The van der Waals surface area contributed by atoms with E-state index < -0.39 is 0 Å². The van der Waals surface area contributed by atoms with Crippen LogP contribution >= 0.6 is 0 Å². The van der Waals surface area contributed by atoms with Gasteiger partial charge in [0, 0.05) is 48.3 Å². The van der Waals surface area contributed by atoms with Gasteiger partial charge in [0.2, 0.25) is 0 Å². The van der Waals surface area contributed by atoms with Gasteiger partial charge in [0.05, 0.1) is 0 Å². The summed E-state index contributed by atoms with van der Waals surface area (Å²) in [4.78, 5) is 16.8. The maximum Gasteiger partial charge on any atom is 0.135 e. The Bertz CT molecular complexity index is 1790. The molecule has 0 spiro atoms. The zero-order valence-electron chi connectivity index (χ0n) is 32.3. The van der Waals surface area contributed by atoms with Gasteiger partial charge in [-0.3, -0.25) is 0 Å². The van der Waals surface area contributed by atoms with Crippen LogP contribution in [-0.2, 0) is 25.7 Å². The van der Waals surface area contributed by atoms with Crippen LogP contribution in [0.5, 0.6) is 0 Å². The van der Waals surface area contributed by atoms with Crippen LogP contribution in [0.25, 0.3) is 0 Å². The van der Waals surface area contributed by atoms with Crippen LogP contribution in [-0.4, -0.2) is 34.5 Å². The van der Waals surface area contributed by atoms with Crippen LogP contribution in [0.1, 0.15) is 86.0 Å². The van der Waals surface area contributed by atoms with Crippen LogP contribution in [0.3, 0.4) is 0 Å². The summed E-state index contributed by atoms with van der Waals surface area (Å²) in [6.07, 6.45) is 22.3. The van der Waals surface area contributed by atoms with Crippen LogP contribution in [0.4, 0.5) is 0 Å². The summed E-state index contributed by atoms with van der Waals surface area (Å²) in [6, 6.07) is 36.4. The standard InChI is InChI=1S/C49H54B2N4/c1-5-10-36-14-22-40(23-15-36)44(41-24-16-37(11-6-2)17-25-41)46(48-52-32-33-53-48)50-30-9-31-51-47(49-54-34-35-55-49)45(42-26-18-38(12-7-3)19-27-42)43-28-20-39(13-8-4)21-29-43/h5-8,14-29,32-35,44-47,50-51H,1-4,9-13,30-31H2,(H,52,53)(H,54,55). The van der Waals surface area contributed by atoms with Gasteiger partial charge in [-0.25, -0.2) is 9.97 Å². The summed E-state index contributed by atoms with van der Waals surface area (Å²) >= 11 is 0. The van der Waals surface area contributed by atoms with Crippen LogP contribution in [0.15, 0.2) is 172 Å². The van der Waals surface area contributed by atoms with Crippen LogP contribution < -0.4 is 0 Å². The Morgan fingerprint density at radius 2 is 0.745 bits per heavy atom. The summed E-state index contributed by atoms with van der Waals surface area (Å²) in [6.45, 7) is 15.8. The van der Waals surface area contributed by atoms with E-state index in [0.29, 0.717) is 0 Å². The summed E-state index contributed by atoms with van der Waals surface area (Å²) in [7, 11) is 2.04. The summed E-state index contributed by atoms with van der Waals surface area (Å²) in [5.74, 6) is 2.81. The molecule has 0 radical (unpaired) electrons. The smallest absolute Gasteiger partial charge is 0.135 e. The van der Waals surface area contributed by atoms with Crippen molar-refractivity contribution < 1.29 is 0 Å². The molecule has 0 saturated carbocycles. The lowest BCUT2D eigenvalue weighted by molar-refractivity contribution is 0.718. The van der Waals surface area contributed by atoms with Crippen molar-refractivity contribution in [3.63, 3.8) is 0 Å². The maximum absolute atomic E-state index is 4.86. The normalized spacial score (nSPS) is 12.3. The second kappa shape index (κ2) is 20.2. The molecule has 4 nitrogen and oxygen atoms in total. The number of aromatic nitrogens is 4. The molecule has 0 bridgehead atoms. The highest BCUT2D eigenvalue weighted by molar-refractivity contribution is 6.40. The van der Waals surface area contributed by atoms with E-state index >= 15 is 0 Å². The third kappa shape index (κ3) is 10.3. The molecular weight excluding hydrogens is 666 g/mol. The minimum absolute atomic E-state index is 0.162. The van der Waals surface area contributed by atoms with E-state index in [-0.39, 0.29) is 23.5 Å². The molecule has 276 valence electrons. The minimum atomic E-state index is 0.162. The minimum Gasteiger partial charge on any atom is -0.349 e. The van der Waals surface area contributed by atoms with Crippen molar-refractivity contribution in [2.75, 3.05) is 0 Å². The lowest BCUT2D eigenvalue weighted by Crippen LogP contribution is -2.22. The van der Waals surface area contributed by atoms with E-state index in [0.717, 1.165) is 71.0 Å². The summed E-state index contributed by atoms with van der Waals surface area (Å²) in [5.41, 5.74) is 10.3. The van der Waals surface area contributed by atoms with Gasteiger partial charge in [-0.2, -0.15) is 0 Å². The molecule has 0 aliphatic heterocycles. The van der Waals surface area contributed by atoms with Gasteiger partial charge in [-0.15, -0.1) is 26.3 Å². The first-order valence-electron chi connectivity index (χ1n) is 19.9. The highest BCUT2D eigenvalue weighted by atomic mass is 14.9. The fraction of sp³-hybridized carbons (Fsp3) is 0.224. The topological polar surface area (TPSA) is 57.4 Å². The Balaban J connectivity index is 1.24. The average Bonchev–Trinajstić information content (AvgIpc) is 3.96. The molecule has 0 saturated heterocycles. The molecule has 2 heterocycles. The first-order valence-corrected chi connectivity index (χ1v) is 19.9. The van der Waals surface area contributed by atoms with Gasteiger partial charge in [-0.1, -0.05) is 140 Å². The molecule has 6 aromatic rings. The van der Waals surface area contributed by atoms with Gasteiger partial charge in [0.15, 0.2) is 0 Å². The molecular formula is C49H54B2N4. The monoisotopic (exact) mass is 720 g/mol. The average molecular weight is 721 g/mol. The molecule has 0 aliphatic rings. The van der Waals surface area contributed by atoms with E-state index in [4.69, 9.17) is 9.97 Å². The van der Waals surface area contributed by atoms with Crippen molar-refractivity contribution in [2.45, 2.75) is 68.2 Å². The van der Waals surface area contributed by atoms with Crippen molar-refractivity contribution in [3.8, 4) is 0 Å². The van der Waals surface area contributed by atoms with Crippen LogP contribution in [0.2, 0.25) is 12.6 Å². The largest absolute Gasteiger partial charge is 0.349 e. The third-order valence-electron chi connectivity index (χ3n) is 11.0. The molecule has 55 heavy (non-hydrogen) atoms. The first-order chi connectivity index (χ1) is 27.1. The number of benzene rings is 4. The fourth-order valence-corrected chi connectivity index (χ4v) is 8.21. The maximum atomic E-state index is 4.86. The summed E-state index contributed by atoms with van der Waals surface area (Å²) < 4.78 is 0. The van der Waals surface area contributed by atoms with Crippen molar-refractivity contribution >= 4 is 14.6 Å². The molecule has 2 unspecified atom stereocenters. The molecule has 6 rings (SSSR count). The van der Waals surface area contributed by atoms with Crippen molar-refractivity contribution in [2.24, 2.45) is 0 Å². The molecule has 0 aliphatic carbocycles. The second-order valence-electron chi connectivity index (χ2n) is 14.7.